The van der Waals surface area contributed by atoms with Gasteiger partial charge in [-0.2, -0.15) is 5.10 Å². The van der Waals surface area contributed by atoms with Crippen LogP contribution >= 0.6 is 11.6 Å². The van der Waals surface area contributed by atoms with Crippen molar-refractivity contribution in [2.24, 2.45) is 0 Å². The number of esters is 1. The van der Waals surface area contributed by atoms with Crippen molar-refractivity contribution < 1.29 is 13.9 Å². The number of carbonyl (C=O) groups is 1. The van der Waals surface area contributed by atoms with Gasteiger partial charge < -0.3 is 15.0 Å². The molecule has 1 aliphatic rings. The van der Waals surface area contributed by atoms with Gasteiger partial charge in [-0.25, -0.2) is 9.37 Å². The van der Waals surface area contributed by atoms with Gasteiger partial charge in [0.25, 0.3) is 0 Å². The Labute approximate surface area is 206 Å². The number of aromatic amines is 1. The maximum absolute atomic E-state index is 14.5. The third kappa shape index (κ3) is 4.82. The lowest BCUT2D eigenvalue weighted by atomic mass is 10.0. The molecule has 0 saturated carbocycles. The fraction of sp³-hybridized carbons (Fsp3) is 0.280. The summed E-state index contributed by atoms with van der Waals surface area (Å²) in [5.41, 5.74) is 4.26. The molecular formula is C25H24ClFN6O2. The van der Waals surface area contributed by atoms with Crippen LogP contribution in [0.4, 0.5) is 10.1 Å². The van der Waals surface area contributed by atoms with Crippen molar-refractivity contribution in [2.75, 3.05) is 24.5 Å². The first-order valence-corrected chi connectivity index (χ1v) is 11.7. The van der Waals surface area contributed by atoms with Gasteiger partial charge in [0, 0.05) is 42.0 Å². The van der Waals surface area contributed by atoms with Gasteiger partial charge >= 0.3 is 5.97 Å². The zero-order valence-corrected chi connectivity index (χ0v) is 20.0. The molecule has 10 heteroatoms. The Morgan fingerprint density at radius 1 is 1.20 bits per heavy atom. The summed E-state index contributed by atoms with van der Waals surface area (Å²) in [6, 6.07) is 9.59. The second-order valence-electron chi connectivity index (χ2n) is 8.64. The van der Waals surface area contributed by atoms with Crippen LogP contribution in [0.2, 0.25) is 5.02 Å². The van der Waals surface area contributed by atoms with Gasteiger partial charge in [-0.1, -0.05) is 11.6 Å². The topological polar surface area (TPSA) is 96.0 Å². The highest BCUT2D eigenvalue weighted by molar-refractivity contribution is 6.30. The number of pyridine rings is 2. The Kier molecular flexibility index (Phi) is 6.36. The Morgan fingerprint density at radius 2 is 2.06 bits per heavy atom. The molecule has 0 unspecified atom stereocenters. The zero-order chi connectivity index (χ0) is 24.5. The molecule has 2 N–H and O–H groups in total. The third-order valence-corrected chi connectivity index (χ3v) is 6.03. The molecule has 8 nitrogen and oxygen atoms in total. The van der Waals surface area contributed by atoms with E-state index >= 15 is 0 Å². The first kappa shape index (κ1) is 23.2. The number of H-pyrrole nitrogens is 1. The molecule has 1 aromatic carbocycles. The minimum Gasteiger partial charge on any atom is -0.462 e. The molecule has 0 amide bonds. The fourth-order valence-electron chi connectivity index (χ4n) is 4.15. The van der Waals surface area contributed by atoms with E-state index in [1.54, 1.807) is 18.5 Å². The van der Waals surface area contributed by atoms with Crippen molar-refractivity contribution in [1.82, 2.24) is 25.5 Å². The van der Waals surface area contributed by atoms with Gasteiger partial charge in [-0.15, -0.1) is 0 Å². The first-order valence-electron chi connectivity index (χ1n) is 11.3. The van der Waals surface area contributed by atoms with Crippen molar-refractivity contribution >= 4 is 34.3 Å². The minimum atomic E-state index is -0.420. The van der Waals surface area contributed by atoms with Crippen LogP contribution in [0.5, 0.6) is 0 Å². The molecule has 35 heavy (non-hydrogen) atoms. The van der Waals surface area contributed by atoms with Crippen LogP contribution < -0.4 is 10.2 Å². The summed E-state index contributed by atoms with van der Waals surface area (Å²) in [6.45, 7) is 5.51. The molecule has 180 valence electrons. The number of ether oxygens (including phenoxy) is 1. The SMILES string of the molecule is CC(C)OC(=O)[C@H]1CN(c2cnc3ccc(-c4c[nH]nc4-c4cc(Cl)ccc4F)nc3c2)CCN1. The molecule has 3 aromatic heterocycles. The van der Waals surface area contributed by atoms with Crippen molar-refractivity contribution in [2.45, 2.75) is 26.0 Å². The van der Waals surface area contributed by atoms with Crippen molar-refractivity contribution in [3.05, 3.63) is 59.6 Å². The fourth-order valence-corrected chi connectivity index (χ4v) is 4.32. The van der Waals surface area contributed by atoms with E-state index < -0.39 is 11.9 Å². The normalized spacial score (nSPS) is 16.1. The first-order chi connectivity index (χ1) is 16.9. The number of carbonyl (C=O) groups excluding carboxylic acids is 1. The van der Waals surface area contributed by atoms with E-state index in [0.29, 0.717) is 46.1 Å². The maximum atomic E-state index is 14.5. The highest BCUT2D eigenvalue weighted by Crippen LogP contribution is 2.33. The molecule has 0 bridgehead atoms. The number of hydrogen-bond acceptors (Lipinski definition) is 7. The van der Waals surface area contributed by atoms with E-state index in [2.05, 4.69) is 25.4 Å². The summed E-state index contributed by atoms with van der Waals surface area (Å²) in [6.07, 6.45) is 3.30. The molecule has 0 radical (unpaired) electrons. The molecule has 4 heterocycles. The highest BCUT2D eigenvalue weighted by atomic mass is 35.5. The van der Waals surface area contributed by atoms with Gasteiger partial charge in [0.1, 0.15) is 17.6 Å². The van der Waals surface area contributed by atoms with Gasteiger partial charge in [-0.3, -0.25) is 14.9 Å². The summed E-state index contributed by atoms with van der Waals surface area (Å²) in [5, 5.41) is 10.7. The molecule has 4 aromatic rings. The second kappa shape index (κ2) is 9.59. The number of benzene rings is 1. The van der Waals surface area contributed by atoms with Crippen molar-refractivity contribution in [3.8, 4) is 22.5 Å². The monoisotopic (exact) mass is 494 g/mol. The van der Waals surface area contributed by atoms with Crippen LogP contribution in [0.3, 0.4) is 0 Å². The third-order valence-electron chi connectivity index (χ3n) is 5.80. The van der Waals surface area contributed by atoms with E-state index in [9.17, 15) is 9.18 Å². The van der Waals surface area contributed by atoms with Crippen LogP contribution in [0.25, 0.3) is 33.5 Å². The zero-order valence-electron chi connectivity index (χ0n) is 19.3. The predicted octanol–water partition coefficient (Wildman–Crippen LogP) is 4.21. The van der Waals surface area contributed by atoms with Crippen LogP contribution in [-0.4, -0.2) is 57.9 Å². The van der Waals surface area contributed by atoms with E-state index in [4.69, 9.17) is 21.3 Å². The molecule has 1 atom stereocenters. The smallest absolute Gasteiger partial charge is 0.325 e. The van der Waals surface area contributed by atoms with E-state index in [-0.39, 0.29) is 12.1 Å². The largest absolute Gasteiger partial charge is 0.462 e. The molecule has 1 saturated heterocycles. The van der Waals surface area contributed by atoms with Crippen LogP contribution in [-0.2, 0) is 9.53 Å². The number of halogens is 2. The number of anilines is 1. The number of nitrogens with zero attached hydrogens (tertiary/aromatic N) is 4. The number of nitrogens with one attached hydrogen (secondary N) is 2. The molecule has 0 aliphatic carbocycles. The average Bonchev–Trinajstić information content (AvgIpc) is 3.34. The summed E-state index contributed by atoms with van der Waals surface area (Å²) in [4.78, 5) is 23.8. The van der Waals surface area contributed by atoms with E-state index in [1.807, 2.05) is 32.0 Å². The van der Waals surface area contributed by atoms with Crippen molar-refractivity contribution in [1.29, 1.82) is 0 Å². The lowest BCUT2D eigenvalue weighted by Crippen LogP contribution is -2.55. The highest BCUT2D eigenvalue weighted by Gasteiger charge is 2.27. The van der Waals surface area contributed by atoms with Crippen LogP contribution in [0.1, 0.15) is 13.8 Å². The Balaban J connectivity index is 1.46. The number of rotatable bonds is 5. The molecule has 5 rings (SSSR count). The van der Waals surface area contributed by atoms with Crippen molar-refractivity contribution in [3.63, 3.8) is 0 Å². The molecule has 1 aliphatic heterocycles. The van der Waals surface area contributed by atoms with Gasteiger partial charge in [0.15, 0.2) is 0 Å². The second-order valence-corrected chi connectivity index (χ2v) is 9.07. The Morgan fingerprint density at radius 3 is 2.89 bits per heavy atom. The van der Waals surface area contributed by atoms with Gasteiger partial charge in [0.05, 0.1) is 34.7 Å². The number of fused-ring (bicyclic) bond motifs is 1. The summed E-state index contributed by atoms with van der Waals surface area (Å²) in [5.74, 6) is -0.684. The predicted molar refractivity (Wildman–Crippen MR) is 133 cm³/mol. The van der Waals surface area contributed by atoms with Gasteiger partial charge in [-0.05, 0) is 50.2 Å². The number of piperazine rings is 1. The standard InChI is InChI=1S/C25H24ClFN6O2/c1-14(2)35-25(34)23-13-33(8-7-28-23)16-10-22-21(29-11-16)6-5-20(31-22)18-12-30-32-24(18)17-9-15(26)3-4-19(17)27/h3-6,9-12,14,23,28H,7-8,13H2,1-2H3,(H,30,32)/t23-/m1/s1. The summed E-state index contributed by atoms with van der Waals surface area (Å²) in [7, 11) is 0. The summed E-state index contributed by atoms with van der Waals surface area (Å²) >= 11 is 6.09. The van der Waals surface area contributed by atoms with E-state index in [1.165, 1.54) is 12.1 Å². The average molecular weight is 495 g/mol. The molecule has 1 fully saturated rings. The van der Waals surface area contributed by atoms with Crippen LogP contribution in [0.15, 0.2) is 48.8 Å². The van der Waals surface area contributed by atoms with Gasteiger partial charge in [0.2, 0.25) is 0 Å². The van der Waals surface area contributed by atoms with E-state index in [0.717, 1.165) is 17.7 Å². The summed E-state index contributed by atoms with van der Waals surface area (Å²) < 4.78 is 19.9. The minimum absolute atomic E-state index is 0.169. The molecule has 0 spiro atoms. The molecular weight excluding hydrogens is 471 g/mol. The number of hydrogen-bond donors (Lipinski definition) is 2. The lowest BCUT2D eigenvalue weighted by Gasteiger charge is -2.34. The Hall–Kier alpha value is -3.56. The Bertz CT molecular complexity index is 1390. The maximum Gasteiger partial charge on any atom is 0.325 e. The van der Waals surface area contributed by atoms with Crippen LogP contribution in [0, 0.1) is 5.82 Å². The lowest BCUT2D eigenvalue weighted by molar-refractivity contribution is -0.149. The number of aromatic nitrogens is 4. The quantitative estimate of drug-likeness (QED) is 0.401.